The summed E-state index contributed by atoms with van der Waals surface area (Å²) in [5, 5.41) is 13.5. The molecule has 32 heavy (non-hydrogen) atoms. The van der Waals surface area contributed by atoms with Crippen LogP contribution in [0.25, 0.3) is 11.3 Å². The van der Waals surface area contributed by atoms with Gasteiger partial charge in [0.15, 0.2) is 5.11 Å². The van der Waals surface area contributed by atoms with Crippen molar-refractivity contribution in [2.24, 2.45) is 0 Å². The maximum Gasteiger partial charge on any atom is 0.336 e. The summed E-state index contributed by atoms with van der Waals surface area (Å²) in [7, 11) is 0. The number of furan rings is 1. The van der Waals surface area contributed by atoms with Crippen molar-refractivity contribution in [2.45, 2.75) is 12.1 Å². The van der Waals surface area contributed by atoms with Crippen molar-refractivity contribution in [2.75, 3.05) is 4.90 Å². The standard InChI is InChI=1S/C25H19N3O3S/c29-24(30)18-11-5-4-10-17(18)20-13-14-21(31-20)23-22(19-12-6-7-15-26-19)27-25(32)28(23)16-8-2-1-3-9-16/h1-15,22-23H,(H,27,32)(H,29,30)/t22-,23-/m0/s1. The number of nitrogens with zero attached hydrogens (tertiary/aromatic N) is 2. The summed E-state index contributed by atoms with van der Waals surface area (Å²) in [6, 6.07) is 25.6. The number of thiocarbonyl (C=S) groups is 1. The van der Waals surface area contributed by atoms with Crippen LogP contribution in [0, 0.1) is 0 Å². The minimum absolute atomic E-state index is 0.189. The number of carboxylic acid groups (broad SMARTS) is 1. The van der Waals surface area contributed by atoms with Crippen LogP contribution in [-0.4, -0.2) is 21.2 Å². The number of rotatable bonds is 5. The first-order chi connectivity index (χ1) is 15.6. The van der Waals surface area contributed by atoms with E-state index in [0.29, 0.717) is 22.2 Å². The summed E-state index contributed by atoms with van der Waals surface area (Å²) in [5.74, 6) is 0.148. The van der Waals surface area contributed by atoms with Crippen LogP contribution in [0.3, 0.4) is 0 Å². The van der Waals surface area contributed by atoms with Crippen molar-refractivity contribution in [3.05, 3.63) is 108 Å². The molecule has 0 amide bonds. The smallest absolute Gasteiger partial charge is 0.336 e. The van der Waals surface area contributed by atoms with E-state index in [1.54, 1.807) is 36.5 Å². The normalized spacial score (nSPS) is 17.9. The number of carboxylic acids is 1. The predicted molar refractivity (Wildman–Crippen MR) is 125 cm³/mol. The van der Waals surface area contributed by atoms with Crippen molar-refractivity contribution >= 4 is 29.0 Å². The maximum absolute atomic E-state index is 11.7. The predicted octanol–water partition coefficient (Wildman–Crippen LogP) is 5.22. The minimum Gasteiger partial charge on any atom is -0.478 e. The number of hydrogen-bond acceptors (Lipinski definition) is 4. The maximum atomic E-state index is 11.7. The Morgan fingerprint density at radius 3 is 2.47 bits per heavy atom. The monoisotopic (exact) mass is 441 g/mol. The summed E-state index contributed by atoms with van der Waals surface area (Å²) < 4.78 is 6.26. The first-order valence-corrected chi connectivity index (χ1v) is 10.5. The van der Waals surface area contributed by atoms with Crippen LogP contribution in [0.15, 0.2) is 95.5 Å². The lowest BCUT2D eigenvalue weighted by Gasteiger charge is -2.26. The molecule has 0 unspecified atom stereocenters. The lowest BCUT2D eigenvalue weighted by atomic mass is 10.0. The Bertz CT molecular complexity index is 1270. The Kier molecular flexibility index (Phi) is 5.17. The van der Waals surface area contributed by atoms with E-state index in [9.17, 15) is 9.90 Å². The van der Waals surface area contributed by atoms with Crippen LogP contribution in [0.5, 0.6) is 0 Å². The van der Waals surface area contributed by atoms with E-state index in [4.69, 9.17) is 16.6 Å². The molecule has 0 spiro atoms. The fourth-order valence-corrected chi connectivity index (χ4v) is 4.40. The van der Waals surface area contributed by atoms with E-state index >= 15 is 0 Å². The number of aromatic nitrogens is 1. The van der Waals surface area contributed by atoms with Gasteiger partial charge in [-0.2, -0.15) is 0 Å². The first kappa shape index (κ1) is 20.0. The van der Waals surface area contributed by atoms with Crippen LogP contribution in [-0.2, 0) is 0 Å². The molecule has 1 aliphatic rings. The van der Waals surface area contributed by atoms with Gasteiger partial charge in [0, 0.05) is 17.4 Å². The number of nitrogens with one attached hydrogen (secondary N) is 1. The molecule has 158 valence electrons. The molecule has 6 nitrogen and oxygen atoms in total. The van der Waals surface area contributed by atoms with Gasteiger partial charge < -0.3 is 19.7 Å². The van der Waals surface area contributed by atoms with E-state index in [2.05, 4.69) is 10.3 Å². The zero-order valence-corrected chi connectivity index (χ0v) is 17.7. The molecule has 1 fully saturated rings. The SMILES string of the molecule is O=C(O)c1ccccc1-c1ccc([C@H]2[C@H](c3ccccn3)NC(=S)N2c2ccccc2)o1. The van der Waals surface area contributed by atoms with Gasteiger partial charge in [-0.05, 0) is 54.7 Å². The molecular formula is C25H19N3O3S. The number of benzene rings is 2. The number of hydrogen-bond donors (Lipinski definition) is 2. The van der Waals surface area contributed by atoms with Gasteiger partial charge in [0.1, 0.15) is 17.6 Å². The van der Waals surface area contributed by atoms with E-state index in [-0.39, 0.29) is 17.6 Å². The van der Waals surface area contributed by atoms with Crippen molar-refractivity contribution in [1.29, 1.82) is 0 Å². The van der Waals surface area contributed by atoms with E-state index in [0.717, 1.165) is 11.4 Å². The molecule has 1 saturated heterocycles. The number of anilines is 1. The van der Waals surface area contributed by atoms with Gasteiger partial charge in [0.05, 0.1) is 17.3 Å². The van der Waals surface area contributed by atoms with Gasteiger partial charge in [-0.1, -0.05) is 42.5 Å². The van der Waals surface area contributed by atoms with Gasteiger partial charge in [0.25, 0.3) is 0 Å². The molecular weight excluding hydrogens is 422 g/mol. The fourth-order valence-electron chi connectivity index (χ4n) is 4.05. The fraction of sp³-hybridized carbons (Fsp3) is 0.0800. The molecule has 0 radical (unpaired) electrons. The number of carbonyl (C=O) groups is 1. The van der Waals surface area contributed by atoms with Crippen LogP contribution >= 0.6 is 12.2 Å². The third kappa shape index (κ3) is 3.52. The van der Waals surface area contributed by atoms with E-state index < -0.39 is 5.97 Å². The first-order valence-electron chi connectivity index (χ1n) is 10.1. The lowest BCUT2D eigenvalue weighted by molar-refractivity contribution is 0.0697. The summed E-state index contributed by atoms with van der Waals surface area (Å²) in [6.07, 6.45) is 1.75. The molecule has 1 aliphatic heterocycles. The number of aromatic carboxylic acids is 1. The molecule has 2 aromatic heterocycles. The van der Waals surface area contributed by atoms with Crippen molar-refractivity contribution in [3.8, 4) is 11.3 Å². The van der Waals surface area contributed by atoms with Gasteiger partial charge >= 0.3 is 5.97 Å². The zero-order chi connectivity index (χ0) is 22.1. The highest BCUT2D eigenvalue weighted by Crippen LogP contribution is 2.43. The Morgan fingerprint density at radius 2 is 1.72 bits per heavy atom. The Hall–Kier alpha value is -3.97. The lowest BCUT2D eigenvalue weighted by Crippen LogP contribution is -2.29. The molecule has 0 saturated carbocycles. The van der Waals surface area contributed by atoms with Crippen LogP contribution < -0.4 is 10.2 Å². The quantitative estimate of drug-likeness (QED) is 0.411. The largest absolute Gasteiger partial charge is 0.478 e. The molecule has 2 atom stereocenters. The average molecular weight is 442 g/mol. The molecule has 3 heterocycles. The van der Waals surface area contributed by atoms with Crippen LogP contribution in [0.2, 0.25) is 0 Å². The molecule has 2 aromatic carbocycles. The minimum atomic E-state index is -1.00. The molecule has 7 heteroatoms. The summed E-state index contributed by atoms with van der Waals surface area (Å²) in [4.78, 5) is 18.2. The summed E-state index contributed by atoms with van der Waals surface area (Å²) in [6.45, 7) is 0. The Balaban J connectivity index is 1.61. The van der Waals surface area contributed by atoms with Gasteiger partial charge in [-0.25, -0.2) is 4.79 Å². The van der Waals surface area contributed by atoms with Gasteiger partial charge in [0.2, 0.25) is 0 Å². The topological polar surface area (TPSA) is 78.6 Å². The van der Waals surface area contributed by atoms with Crippen molar-refractivity contribution in [3.63, 3.8) is 0 Å². The Labute approximate surface area is 190 Å². The number of pyridine rings is 1. The van der Waals surface area contributed by atoms with Gasteiger partial charge in [-0.3, -0.25) is 4.98 Å². The second-order valence-electron chi connectivity index (χ2n) is 7.38. The molecule has 0 bridgehead atoms. The van der Waals surface area contributed by atoms with Crippen molar-refractivity contribution in [1.82, 2.24) is 10.3 Å². The highest BCUT2D eigenvalue weighted by molar-refractivity contribution is 7.80. The third-order valence-electron chi connectivity index (χ3n) is 5.47. The highest BCUT2D eigenvalue weighted by atomic mass is 32.1. The highest BCUT2D eigenvalue weighted by Gasteiger charge is 2.42. The molecule has 0 aliphatic carbocycles. The molecule has 4 aromatic rings. The second-order valence-corrected chi connectivity index (χ2v) is 7.77. The molecule has 5 rings (SSSR count). The second kappa shape index (κ2) is 8.28. The van der Waals surface area contributed by atoms with Crippen LogP contribution in [0.4, 0.5) is 5.69 Å². The van der Waals surface area contributed by atoms with Crippen LogP contribution in [0.1, 0.15) is 33.9 Å². The number of para-hydroxylation sites is 1. The summed E-state index contributed by atoms with van der Waals surface area (Å²) >= 11 is 5.70. The van der Waals surface area contributed by atoms with Gasteiger partial charge in [-0.15, -0.1) is 0 Å². The Morgan fingerprint density at radius 1 is 0.969 bits per heavy atom. The summed E-state index contributed by atoms with van der Waals surface area (Å²) in [5.41, 5.74) is 2.48. The average Bonchev–Trinajstić information content (AvgIpc) is 3.44. The molecule has 2 N–H and O–H groups in total. The third-order valence-corrected chi connectivity index (χ3v) is 5.79. The van der Waals surface area contributed by atoms with Crippen molar-refractivity contribution < 1.29 is 14.3 Å². The van der Waals surface area contributed by atoms with E-state index in [1.807, 2.05) is 59.5 Å². The van der Waals surface area contributed by atoms with E-state index in [1.165, 1.54) is 0 Å². The zero-order valence-electron chi connectivity index (χ0n) is 16.9.